The fourth-order valence-corrected chi connectivity index (χ4v) is 2.33. The van der Waals surface area contributed by atoms with Crippen LogP contribution in [0.25, 0.3) is 16.6 Å². The highest BCUT2D eigenvalue weighted by atomic mass is 15.0. The van der Waals surface area contributed by atoms with Crippen LogP contribution in [0.5, 0.6) is 0 Å². The van der Waals surface area contributed by atoms with Crippen molar-refractivity contribution in [1.29, 1.82) is 0 Å². The van der Waals surface area contributed by atoms with Crippen LogP contribution in [0.3, 0.4) is 0 Å². The van der Waals surface area contributed by atoms with Crippen LogP contribution < -0.4 is 0 Å². The third kappa shape index (κ3) is 1.82. The lowest BCUT2D eigenvalue weighted by atomic mass is 10.0. The quantitative estimate of drug-likeness (QED) is 0.604. The largest absolute Gasteiger partial charge is 0.317 e. The van der Waals surface area contributed by atoms with Crippen molar-refractivity contribution in [3.8, 4) is 5.69 Å². The Hall–Kier alpha value is -2.02. The third-order valence-corrected chi connectivity index (χ3v) is 3.42. The molecule has 0 saturated carbocycles. The van der Waals surface area contributed by atoms with Gasteiger partial charge in [-0.15, -0.1) is 0 Å². The van der Waals surface area contributed by atoms with Crippen LogP contribution in [-0.2, 0) is 0 Å². The molecule has 1 aromatic heterocycles. The zero-order valence-electron chi connectivity index (χ0n) is 10.8. The Morgan fingerprint density at radius 1 is 0.889 bits per heavy atom. The Morgan fingerprint density at radius 3 is 2.39 bits per heavy atom. The van der Waals surface area contributed by atoms with Gasteiger partial charge in [-0.25, -0.2) is 0 Å². The predicted octanol–water partition coefficient (Wildman–Crippen LogP) is 4.75. The van der Waals surface area contributed by atoms with E-state index in [-0.39, 0.29) is 0 Å². The van der Waals surface area contributed by atoms with Crippen molar-refractivity contribution in [2.24, 2.45) is 0 Å². The number of para-hydroxylation sites is 1. The highest BCUT2D eigenvalue weighted by Gasteiger charge is 2.05. The molecule has 0 saturated heterocycles. The first-order chi connectivity index (χ1) is 8.75. The van der Waals surface area contributed by atoms with Crippen LogP contribution in [0.4, 0.5) is 0 Å². The van der Waals surface area contributed by atoms with Gasteiger partial charge in [0.1, 0.15) is 0 Å². The molecule has 0 unspecified atom stereocenters. The molecular weight excluding hydrogens is 218 g/mol. The summed E-state index contributed by atoms with van der Waals surface area (Å²) < 4.78 is 2.24. The number of hydrogen-bond acceptors (Lipinski definition) is 0. The second-order valence-electron chi connectivity index (χ2n) is 4.99. The lowest BCUT2D eigenvalue weighted by molar-refractivity contribution is 0.868. The minimum absolute atomic E-state index is 0.578. The van der Waals surface area contributed by atoms with Gasteiger partial charge in [-0.1, -0.05) is 38.1 Å². The molecule has 0 radical (unpaired) electrons. The van der Waals surface area contributed by atoms with E-state index in [0.29, 0.717) is 5.92 Å². The molecule has 3 rings (SSSR count). The zero-order chi connectivity index (χ0) is 12.5. The lowest BCUT2D eigenvalue weighted by Gasteiger charge is -2.08. The summed E-state index contributed by atoms with van der Waals surface area (Å²) in [6.07, 6.45) is 2.14. The van der Waals surface area contributed by atoms with Crippen molar-refractivity contribution in [3.05, 3.63) is 66.4 Å². The van der Waals surface area contributed by atoms with E-state index >= 15 is 0 Å². The molecule has 0 aliphatic rings. The van der Waals surface area contributed by atoms with E-state index in [1.807, 2.05) is 6.07 Å². The number of fused-ring (bicyclic) bond motifs is 1. The van der Waals surface area contributed by atoms with Crippen LogP contribution >= 0.6 is 0 Å². The van der Waals surface area contributed by atoms with E-state index in [9.17, 15) is 0 Å². The molecule has 0 aliphatic carbocycles. The van der Waals surface area contributed by atoms with Crippen molar-refractivity contribution < 1.29 is 0 Å². The smallest absolute Gasteiger partial charge is 0.0528 e. The van der Waals surface area contributed by atoms with Gasteiger partial charge >= 0.3 is 0 Å². The van der Waals surface area contributed by atoms with Crippen molar-refractivity contribution in [1.82, 2.24) is 4.57 Å². The SMILES string of the molecule is CC(C)c1ccc2c(ccn2-c2ccccc2)c1. The lowest BCUT2D eigenvalue weighted by Crippen LogP contribution is -1.92. The summed E-state index contributed by atoms with van der Waals surface area (Å²) in [5.41, 5.74) is 3.88. The number of hydrogen-bond donors (Lipinski definition) is 0. The predicted molar refractivity (Wildman–Crippen MR) is 77.4 cm³/mol. The van der Waals surface area contributed by atoms with Crippen LogP contribution in [0.2, 0.25) is 0 Å². The highest BCUT2D eigenvalue weighted by Crippen LogP contribution is 2.24. The van der Waals surface area contributed by atoms with E-state index in [4.69, 9.17) is 0 Å². The number of nitrogens with zero attached hydrogens (tertiary/aromatic N) is 1. The zero-order valence-corrected chi connectivity index (χ0v) is 10.8. The monoisotopic (exact) mass is 235 g/mol. The van der Waals surface area contributed by atoms with E-state index in [0.717, 1.165) is 0 Å². The summed E-state index contributed by atoms with van der Waals surface area (Å²) >= 11 is 0. The molecule has 18 heavy (non-hydrogen) atoms. The number of aromatic nitrogens is 1. The van der Waals surface area contributed by atoms with Gasteiger partial charge in [-0.05, 0) is 41.8 Å². The van der Waals surface area contributed by atoms with Gasteiger partial charge in [0.15, 0.2) is 0 Å². The summed E-state index contributed by atoms with van der Waals surface area (Å²) in [5.74, 6) is 0.578. The molecule has 90 valence electrons. The van der Waals surface area contributed by atoms with E-state index in [1.165, 1.54) is 22.2 Å². The van der Waals surface area contributed by atoms with Gasteiger partial charge < -0.3 is 4.57 Å². The van der Waals surface area contributed by atoms with Gasteiger partial charge in [-0.3, -0.25) is 0 Å². The maximum absolute atomic E-state index is 2.29. The molecule has 0 atom stereocenters. The Morgan fingerprint density at radius 2 is 1.67 bits per heavy atom. The Labute approximate surface area is 108 Å². The second kappa shape index (κ2) is 4.34. The van der Waals surface area contributed by atoms with Gasteiger partial charge in [0.2, 0.25) is 0 Å². The van der Waals surface area contributed by atoms with Crippen molar-refractivity contribution in [3.63, 3.8) is 0 Å². The Balaban J connectivity index is 2.16. The van der Waals surface area contributed by atoms with Crippen LogP contribution in [-0.4, -0.2) is 4.57 Å². The summed E-state index contributed by atoms with van der Waals surface area (Å²) in [6, 6.07) is 19.4. The summed E-state index contributed by atoms with van der Waals surface area (Å²) in [5, 5.41) is 1.31. The molecule has 0 amide bonds. The third-order valence-electron chi connectivity index (χ3n) is 3.42. The van der Waals surface area contributed by atoms with E-state index < -0.39 is 0 Å². The topological polar surface area (TPSA) is 4.93 Å². The van der Waals surface area contributed by atoms with E-state index in [1.54, 1.807) is 0 Å². The molecule has 0 bridgehead atoms. The number of benzene rings is 2. The first kappa shape index (κ1) is 11.1. The van der Waals surface area contributed by atoms with Crippen LogP contribution in [0.15, 0.2) is 60.8 Å². The Kier molecular flexibility index (Phi) is 2.67. The molecular formula is C17H17N. The van der Waals surface area contributed by atoms with Gasteiger partial charge in [0.25, 0.3) is 0 Å². The molecule has 0 fully saturated rings. The summed E-state index contributed by atoms with van der Waals surface area (Å²) in [4.78, 5) is 0. The van der Waals surface area contributed by atoms with Gasteiger partial charge in [-0.2, -0.15) is 0 Å². The number of rotatable bonds is 2. The average molecular weight is 235 g/mol. The van der Waals surface area contributed by atoms with Gasteiger partial charge in [0.05, 0.1) is 5.52 Å². The maximum Gasteiger partial charge on any atom is 0.0528 e. The maximum atomic E-state index is 2.29. The first-order valence-electron chi connectivity index (χ1n) is 6.42. The molecule has 0 spiro atoms. The molecule has 0 N–H and O–H groups in total. The Bertz CT molecular complexity index is 662. The summed E-state index contributed by atoms with van der Waals surface area (Å²) in [7, 11) is 0. The van der Waals surface area contributed by atoms with Crippen molar-refractivity contribution in [2.45, 2.75) is 19.8 Å². The molecule has 2 aromatic carbocycles. The van der Waals surface area contributed by atoms with Gasteiger partial charge in [0, 0.05) is 17.3 Å². The first-order valence-corrected chi connectivity index (χ1v) is 6.42. The second-order valence-corrected chi connectivity index (χ2v) is 4.99. The van der Waals surface area contributed by atoms with Crippen molar-refractivity contribution in [2.75, 3.05) is 0 Å². The summed E-state index contributed by atoms with van der Waals surface area (Å²) in [6.45, 7) is 4.46. The minimum atomic E-state index is 0.578. The van der Waals surface area contributed by atoms with E-state index in [2.05, 4.69) is 73.1 Å². The fourth-order valence-electron chi connectivity index (χ4n) is 2.33. The standard InChI is InChI=1S/C17H17N/c1-13(2)14-8-9-17-15(12-14)10-11-18(17)16-6-4-3-5-7-16/h3-13H,1-2H3. The molecule has 0 aliphatic heterocycles. The fraction of sp³-hybridized carbons (Fsp3) is 0.176. The minimum Gasteiger partial charge on any atom is -0.317 e. The normalized spacial score (nSPS) is 11.3. The molecule has 3 aromatic rings. The average Bonchev–Trinajstić information content (AvgIpc) is 2.82. The van der Waals surface area contributed by atoms with Crippen molar-refractivity contribution >= 4 is 10.9 Å². The van der Waals surface area contributed by atoms with Crippen LogP contribution in [0.1, 0.15) is 25.3 Å². The molecule has 1 nitrogen and oxygen atoms in total. The van der Waals surface area contributed by atoms with Crippen LogP contribution in [0, 0.1) is 0 Å². The highest BCUT2D eigenvalue weighted by molar-refractivity contribution is 5.82. The molecule has 1 heteroatoms. The molecule has 1 heterocycles.